The van der Waals surface area contributed by atoms with Gasteiger partial charge in [0, 0.05) is 6.04 Å². The molecule has 1 heterocycles. The van der Waals surface area contributed by atoms with Crippen molar-refractivity contribution < 1.29 is 4.79 Å². The minimum Gasteiger partial charge on any atom is -0.352 e. The van der Waals surface area contributed by atoms with Crippen molar-refractivity contribution in [2.45, 2.75) is 65.5 Å². The first-order valence-electron chi connectivity index (χ1n) is 7.04. The lowest BCUT2D eigenvalue weighted by atomic mass is 10.0. The van der Waals surface area contributed by atoms with Crippen LogP contribution >= 0.6 is 0 Å². The van der Waals surface area contributed by atoms with E-state index in [1.807, 2.05) is 0 Å². The van der Waals surface area contributed by atoms with Crippen molar-refractivity contribution in [3.05, 3.63) is 0 Å². The summed E-state index contributed by atoms with van der Waals surface area (Å²) < 4.78 is 0. The van der Waals surface area contributed by atoms with Crippen molar-refractivity contribution in [2.24, 2.45) is 11.8 Å². The van der Waals surface area contributed by atoms with Crippen LogP contribution in [0.4, 0.5) is 0 Å². The molecule has 0 bridgehead atoms. The third-order valence-electron chi connectivity index (χ3n) is 3.62. The molecule has 0 aromatic heterocycles. The number of nitrogens with one attached hydrogen (secondary N) is 2. The second-order valence-electron chi connectivity index (χ2n) is 5.93. The minimum absolute atomic E-state index is 0.0301. The van der Waals surface area contributed by atoms with Crippen LogP contribution in [0.2, 0.25) is 0 Å². The molecule has 0 aromatic rings. The van der Waals surface area contributed by atoms with Crippen LogP contribution in [-0.4, -0.2) is 24.5 Å². The highest BCUT2D eigenvalue weighted by molar-refractivity contribution is 5.82. The topological polar surface area (TPSA) is 41.1 Å². The molecular formula is C14H28N2O. The largest absolute Gasteiger partial charge is 0.352 e. The van der Waals surface area contributed by atoms with E-state index < -0.39 is 0 Å². The second kappa shape index (κ2) is 7.00. The molecule has 3 atom stereocenters. The molecule has 1 rings (SSSR count). The van der Waals surface area contributed by atoms with Crippen LogP contribution in [0.3, 0.4) is 0 Å². The lowest BCUT2D eigenvalue weighted by Crippen LogP contribution is -2.46. The fraction of sp³-hybridized carbons (Fsp3) is 0.929. The van der Waals surface area contributed by atoms with Crippen molar-refractivity contribution in [3.63, 3.8) is 0 Å². The van der Waals surface area contributed by atoms with E-state index in [1.54, 1.807) is 0 Å². The maximum absolute atomic E-state index is 12.0. The molecule has 1 fully saturated rings. The Morgan fingerprint density at radius 1 is 1.35 bits per heavy atom. The summed E-state index contributed by atoms with van der Waals surface area (Å²) in [5.74, 6) is 1.42. The molecule has 0 radical (unpaired) electrons. The van der Waals surface area contributed by atoms with Gasteiger partial charge in [0.15, 0.2) is 0 Å². The van der Waals surface area contributed by atoms with Gasteiger partial charge >= 0.3 is 0 Å². The SMILES string of the molecule is CC(C)CCCC(C)NC(=O)C1NCCC1C. The number of carbonyl (C=O) groups is 1. The van der Waals surface area contributed by atoms with Crippen molar-refractivity contribution in [2.75, 3.05) is 6.54 Å². The van der Waals surface area contributed by atoms with Gasteiger partial charge in [0.25, 0.3) is 0 Å². The molecule has 1 amide bonds. The van der Waals surface area contributed by atoms with Crippen LogP contribution in [-0.2, 0) is 4.79 Å². The van der Waals surface area contributed by atoms with E-state index in [4.69, 9.17) is 0 Å². The summed E-state index contributed by atoms with van der Waals surface area (Å²) in [6, 6.07) is 0.332. The Hall–Kier alpha value is -0.570. The Morgan fingerprint density at radius 2 is 2.06 bits per heavy atom. The van der Waals surface area contributed by atoms with E-state index in [1.165, 1.54) is 12.8 Å². The Kier molecular flexibility index (Phi) is 5.96. The summed E-state index contributed by atoms with van der Waals surface area (Å²) in [7, 11) is 0. The summed E-state index contributed by atoms with van der Waals surface area (Å²) in [6.07, 6.45) is 4.65. The fourth-order valence-corrected chi connectivity index (χ4v) is 2.42. The molecule has 100 valence electrons. The van der Waals surface area contributed by atoms with Crippen LogP contribution in [0, 0.1) is 11.8 Å². The molecule has 3 heteroatoms. The Balaban J connectivity index is 2.21. The van der Waals surface area contributed by atoms with E-state index >= 15 is 0 Å². The molecule has 0 aliphatic carbocycles. The van der Waals surface area contributed by atoms with Crippen molar-refractivity contribution in [1.29, 1.82) is 0 Å². The van der Waals surface area contributed by atoms with Gasteiger partial charge in [-0.05, 0) is 38.1 Å². The lowest BCUT2D eigenvalue weighted by molar-refractivity contribution is -0.124. The van der Waals surface area contributed by atoms with Gasteiger partial charge in [0.1, 0.15) is 0 Å². The molecule has 1 aliphatic rings. The monoisotopic (exact) mass is 240 g/mol. The molecule has 17 heavy (non-hydrogen) atoms. The second-order valence-corrected chi connectivity index (χ2v) is 5.93. The summed E-state index contributed by atoms with van der Waals surface area (Å²) >= 11 is 0. The zero-order chi connectivity index (χ0) is 12.8. The van der Waals surface area contributed by atoms with Crippen molar-refractivity contribution in [1.82, 2.24) is 10.6 Å². The van der Waals surface area contributed by atoms with E-state index in [0.29, 0.717) is 12.0 Å². The molecule has 0 spiro atoms. The summed E-state index contributed by atoms with van der Waals surface area (Å²) in [4.78, 5) is 12.0. The predicted octanol–water partition coefficient (Wildman–Crippen LogP) is 2.32. The van der Waals surface area contributed by atoms with Gasteiger partial charge in [-0.1, -0.05) is 33.6 Å². The van der Waals surface area contributed by atoms with E-state index in [2.05, 4.69) is 38.3 Å². The first kappa shape index (κ1) is 14.5. The summed E-state index contributed by atoms with van der Waals surface area (Å²) in [6.45, 7) is 9.72. The maximum atomic E-state index is 12.0. The molecule has 3 unspecified atom stereocenters. The molecule has 2 N–H and O–H groups in total. The van der Waals surface area contributed by atoms with Crippen LogP contribution in [0.1, 0.15) is 53.4 Å². The molecule has 3 nitrogen and oxygen atoms in total. The van der Waals surface area contributed by atoms with Crippen LogP contribution in [0.25, 0.3) is 0 Å². The highest BCUT2D eigenvalue weighted by Gasteiger charge is 2.29. The zero-order valence-electron chi connectivity index (χ0n) is 11.8. The maximum Gasteiger partial charge on any atom is 0.237 e. The third kappa shape index (κ3) is 5.07. The van der Waals surface area contributed by atoms with Crippen LogP contribution in [0.15, 0.2) is 0 Å². The van der Waals surface area contributed by atoms with Gasteiger partial charge in [-0.2, -0.15) is 0 Å². The quantitative estimate of drug-likeness (QED) is 0.748. The highest BCUT2D eigenvalue weighted by Crippen LogP contribution is 2.15. The summed E-state index contributed by atoms with van der Waals surface area (Å²) in [5, 5.41) is 6.40. The first-order valence-corrected chi connectivity index (χ1v) is 7.04. The average Bonchev–Trinajstić information content (AvgIpc) is 2.63. The van der Waals surface area contributed by atoms with E-state index in [9.17, 15) is 4.79 Å². The van der Waals surface area contributed by atoms with Gasteiger partial charge in [0.05, 0.1) is 6.04 Å². The summed E-state index contributed by atoms with van der Waals surface area (Å²) in [5.41, 5.74) is 0. The normalized spacial score (nSPS) is 26.2. The van der Waals surface area contributed by atoms with Gasteiger partial charge in [-0.15, -0.1) is 0 Å². The fourth-order valence-electron chi connectivity index (χ4n) is 2.42. The molecule has 1 aliphatic heterocycles. The Labute approximate surface area is 106 Å². The molecule has 0 aromatic carbocycles. The van der Waals surface area contributed by atoms with Gasteiger partial charge in [-0.25, -0.2) is 0 Å². The van der Waals surface area contributed by atoms with Crippen molar-refractivity contribution >= 4 is 5.91 Å². The minimum atomic E-state index is 0.0301. The van der Waals surface area contributed by atoms with Crippen LogP contribution < -0.4 is 10.6 Å². The first-order chi connectivity index (χ1) is 8.00. The third-order valence-corrected chi connectivity index (χ3v) is 3.62. The smallest absolute Gasteiger partial charge is 0.237 e. The lowest BCUT2D eigenvalue weighted by Gasteiger charge is -2.20. The molecular weight excluding hydrogens is 212 g/mol. The van der Waals surface area contributed by atoms with E-state index in [-0.39, 0.29) is 11.9 Å². The Bertz CT molecular complexity index is 240. The number of rotatable bonds is 6. The number of carbonyl (C=O) groups excluding carboxylic acids is 1. The van der Waals surface area contributed by atoms with Crippen molar-refractivity contribution in [3.8, 4) is 0 Å². The van der Waals surface area contributed by atoms with Gasteiger partial charge in [0.2, 0.25) is 5.91 Å². The Morgan fingerprint density at radius 3 is 2.59 bits per heavy atom. The molecule has 0 saturated carbocycles. The zero-order valence-corrected chi connectivity index (χ0v) is 11.8. The van der Waals surface area contributed by atoms with Gasteiger partial charge in [-0.3, -0.25) is 4.79 Å². The number of hydrogen-bond donors (Lipinski definition) is 2. The molecule has 1 saturated heterocycles. The van der Waals surface area contributed by atoms with Crippen LogP contribution in [0.5, 0.6) is 0 Å². The van der Waals surface area contributed by atoms with Gasteiger partial charge < -0.3 is 10.6 Å². The average molecular weight is 240 g/mol. The number of amides is 1. The predicted molar refractivity (Wildman–Crippen MR) is 71.9 cm³/mol. The standard InChI is InChI=1S/C14H28N2O/c1-10(2)6-5-7-12(4)16-14(17)13-11(3)8-9-15-13/h10-13,15H,5-9H2,1-4H3,(H,16,17). The van der Waals surface area contributed by atoms with E-state index in [0.717, 1.165) is 25.3 Å². The number of hydrogen-bond acceptors (Lipinski definition) is 2. The highest BCUT2D eigenvalue weighted by atomic mass is 16.2.